The molecule has 1 aliphatic rings. The van der Waals surface area contributed by atoms with E-state index in [4.69, 9.17) is 0 Å². The lowest BCUT2D eigenvalue weighted by molar-refractivity contribution is 0.0945. The number of hydrogen-bond acceptors (Lipinski definition) is 4. The van der Waals surface area contributed by atoms with E-state index in [9.17, 15) is 4.79 Å². The highest BCUT2D eigenvalue weighted by molar-refractivity contribution is 5.93. The second-order valence-corrected chi connectivity index (χ2v) is 6.07. The predicted octanol–water partition coefficient (Wildman–Crippen LogP) is 2.64. The molecule has 5 nitrogen and oxygen atoms in total. The summed E-state index contributed by atoms with van der Waals surface area (Å²) in [6.45, 7) is 4.79. The highest BCUT2D eigenvalue weighted by Gasteiger charge is 2.17. The Morgan fingerprint density at radius 1 is 1.22 bits per heavy atom. The maximum Gasteiger partial charge on any atom is 0.270 e. The lowest BCUT2D eigenvalue weighted by atomic mass is 9.99. The van der Waals surface area contributed by atoms with Crippen molar-refractivity contribution >= 4 is 11.6 Å². The highest BCUT2D eigenvalue weighted by atomic mass is 16.1. The zero-order chi connectivity index (χ0) is 16.1. The number of piperidine rings is 1. The molecular formula is C18H22N4O. The molecule has 0 aromatic carbocycles. The van der Waals surface area contributed by atoms with E-state index < -0.39 is 0 Å². The van der Waals surface area contributed by atoms with Crippen LogP contribution in [0.4, 0.5) is 5.69 Å². The number of pyridine rings is 2. The smallest absolute Gasteiger partial charge is 0.270 e. The van der Waals surface area contributed by atoms with Crippen LogP contribution in [0.2, 0.25) is 0 Å². The third-order valence-corrected chi connectivity index (χ3v) is 4.28. The Hall–Kier alpha value is -2.43. The van der Waals surface area contributed by atoms with Gasteiger partial charge in [-0.1, -0.05) is 13.0 Å². The molecule has 0 unspecified atom stereocenters. The average molecular weight is 310 g/mol. The fourth-order valence-corrected chi connectivity index (χ4v) is 2.77. The molecule has 1 amide bonds. The molecule has 0 radical (unpaired) electrons. The molecule has 3 rings (SSSR count). The van der Waals surface area contributed by atoms with Gasteiger partial charge in [-0.3, -0.25) is 14.8 Å². The van der Waals surface area contributed by atoms with E-state index in [-0.39, 0.29) is 5.91 Å². The summed E-state index contributed by atoms with van der Waals surface area (Å²) in [5, 5.41) is 2.87. The largest absolute Gasteiger partial charge is 0.371 e. The molecular weight excluding hydrogens is 288 g/mol. The first-order valence-corrected chi connectivity index (χ1v) is 8.11. The molecule has 0 spiro atoms. The van der Waals surface area contributed by atoms with Gasteiger partial charge in [-0.25, -0.2) is 0 Å². The van der Waals surface area contributed by atoms with Crippen LogP contribution in [0.1, 0.15) is 35.9 Å². The van der Waals surface area contributed by atoms with E-state index in [1.54, 1.807) is 12.4 Å². The molecule has 0 atom stereocenters. The van der Waals surface area contributed by atoms with E-state index >= 15 is 0 Å². The molecule has 3 heterocycles. The van der Waals surface area contributed by atoms with Gasteiger partial charge in [0.15, 0.2) is 0 Å². The summed E-state index contributed by atoms with van der Waals surface area (Å²) in [6.07, 6.45) is 5.83. The molecule has 2 aromatic rings. The number of aromatic nitrogens is 2. The monoisotopic (exact) mass is 310 g/mol. The molecule has 1 fully saturated rings. The Bertz CT molecular complexity index is 651. The van der Waals surface area contributed by atoms with Crippen molar-refractivity contribution < 1.29 is 4.79 Å². The van der Waals surface area contributed by atoms with Crippen molar-refractivity contribution in [2.45, 2.75) is 26.3 Å². The van der Waals surface area contributed by atoms with Gasteiger partial charge in [-0.15, -0.1) is 0 Å². The second-order valence-electron chi connectivity index (χ2n) is 6.07. The van der Waals surface area contributed by atoms with Crippen molar-refractivity contribution in [3.05, 3.63) is 54.1 Å². The van der Waals surface area contributed by atoms with Gasteiger partial charge in [0.1, 0.15) is 5.69 Å². The predicted molar refractivity (Wildman–Crippen MR) is 90.3 cm³/mol. The minimum absolute atomic E-state index is 0.164. The summed E-state index contributed by atoms with van der Waals surface area (Å²) < 4.78 is 0. The number of nitrogens with one attached hydrogen (secondary N) is 1. The van der Waals surface area contributed by atoms with Gasteiger partial charge in [0.05, 0.1) is 12.2 Å². The van der Waals surface area contributed by atoms with Crippen LogP contribution in [-0.4, -0.2) is 29.0 Å². The van der Waals surface area contributed by atoms with E-state index in [0.717, 1.165) is 30.4 Å². The molecule has 120 valence electrons. The van der Waals surface area contributed by atoms with Crippen molar-refractivity contribution in [3.8, 4) is 0 Å². The van der Waals surface area contributed by atoms with E-state index in [0.29, 0.717) is 12.2 Å². The number of carbonyl (C=O) groups excluding carboxylic acids is 1. The maximum atomic E-state index is 12.3. The Morgan fingerprint density at radius 3 is 2.78 bits per heavy atom. The van der Waals surface area contributed by atoms with Gasteiger partial charge in [-0.05, 0) is 43.0 Å². The first-order chi connectivity index (χ1) is 11.2. The van der Waals surface area contributed by atoms with E-state index in [1.165, 1.54) is 12.8 Å². The van der Waals surface area contributed by atoms with Gasteiger partial charge in [0.25, 0.3) is 5.91 Å². The number of carbonyl (C=O) groups is 1. The first kappa shape index (κ1) is 15.5. The fraction of sp³-hybridized carbons (Fsp3) is 0.389. The number of hydrogen-bond donors (Lipinski definition) is 1. The molecule has 0 saturated carbocycles. The molecule has 1 saturated heterocycles. The standard InChI is InChI=1S/C18H22N4O/c1-14-6-10-22(11-7-14)16-5-9-20-17(12-16)18(23)21-13-15-4-2-3-8-19-15/h2-5,8-9,12,14H,6-7,10-11,13H2,1H3,(H,21,23). The summed E-state index contributed by atoms with van der Waals surface area (Å²) in [4.78, 5) is 23.0. The van der Waals surface area contributed by atoms with Crippen LogP contribution in [0.15, 0.2) is 42.7 Å². The lowest BCUT2D eigenvalue weighted by Gasteiger charge is -2.32. The third-order valence-electron chi connectivity index (χ3n) is 4.28. The quantitative estimate of drug-likeness (QED) is 0.943. The Balaban J connectivity index is 1.63. The average Bonchev–Trinajstić information content (AvgIpc) is 2.61. The number of nitrogens with zero attached hydrogens (tertiary/aromatic N) is 3. The maximum absolute atomic E-state index is 12.3. The van der Waals surface area contributed by atoms with Crippen molar-refractivity contribution in [2.75, 3.05) is 18.0 Å². The minimum Gasteiger partial charge on any atom is -0.371 e. The zero-order valence-corrected chi connectivity index (χ0v) is 13.4. The summed E-state index contributed by atoms with van der Waals surface area (Å²) in [6, 6.07) is 9.51. The highest BCUT2D eigenvalue weighted by Crippen LogP contribution is 2.22. The van der Waals surface area contributed by atoms with Gasteiger partial charge in [0, 0.05) is 31.2 Å². The number of rotatable bonds is 4. The van der Waals surface area contributed by atoms with Crippen molar-refractivity contribution in [3.63, 3.8) is 0 Å². The molecule has 23 heavy (non-hydrogen) atoms. The van der Waals surface area contributed by atoms with Crippen LogP contribution < -0.4 is 10.2 Å². The summed E-state index contributed by atoms with van der Waals surface area (Å²) in [5.74, 6) is 0.622. The van der Waals surface area contributed by atoms with Gasteiger partial charge < -0.3 is 10.2 Å². The van der Waals surface area contributed by atoms with E-state index in [1.807, 2.05) is 30.3 Å². The Kier molecular flexibility index (Phi) is 4.86. The number of amides is 1. The van der Waals surface area contributed by atoms with Crippen LogP contribution in [0, 0.1) is 5.92 Å². The van der Waals surface area contributed by atoms with Crippen LogP contribution >= 0.6 is 0 Å². The third kappa shape index (κ3) is 4.06. The minimum atomic E-state index is -0.164. The fourth-order valence-electron chi connectivity index (χ4n) is 2.77. The summed E-state index contributed by atoms with van der Waals surface area (Å²) in [7, 11) is 0. The molecule has 1 aliphatic heterocycles. The Labute approximate surface area is 136 Å². The van der Waals surface area contributed by atoms with Crippen LogP contribution in [0.5, 0.6) is 0 Å². The summed E-state index contributed by atoms with van der Waals surface area (Å²) >= 11 is 0. The molecule has 0 bridgehead atoms. The topological polar surface area (TPSA) is 58.1 Å². The van der Waals surface area contributed by atoms with Crippen molar-refractivity contribution in [1.82, 2.24) is 15.3 Å². The van der Waals surface area contributed by atoms with Crippen LogP contribution in [0.25, 0.3) is 0 Å². The second kappa shape index (κ2) is 7.22. The molecule has 1 N–H and O–H groups in total. The molecule has 2 aromatic heterocycles. The lowest BCUT2D eigenvalue weighted by Crippen LogP contribution is -2.33. The van der Waals surface area contributed by atoms with Crippen molar-refractivity contribution in [1.29, 1.82) is 0 Å². The molecule has 5 heteroatoms. The van der Waals surface area contributed by atoms with Crippen molar-refractivity contribution in [2.24, 2.45) is 5.92 Å². The Morgan fingerprint density at radius 2 is 2.04 bits per heavy atom. The SMILES string of the molecule is CC1CCN(c2ccnc(C(=O)NCc3ccccn3)c2)CC1. The van der Waals surface area contributed by atoms with Crippen LogP contribution in [-0.2, 0) is 6.54 Å². The van der Waals surface area contributed by atoms with Crippen LogP contribution in [0.3, 0.4) is 0 Å². The van der Waals surface area contributed by atoms with Gasteiger partial charge >= 0.3 is 0 Å². The zero-order valence-electron chi connectivity index (χ0n) is 13.4. The summed E-state index contributed by atoms with van der Waals surface area (Å²) in [5.41, 5.74) is 2.37. The van der Waals surface area contributed by atoms with E-state index in [2.05, 4.69) is 27.1 Å². The molecule has 0 aliphatic carbocycles. The van der Waals surface area contributed by atoms with Gasteiger partial charge in [0.2, 0.25) is 0 Å². The van der Waals surface area contributed by atoms with Gasteiger partial charge in [-0.2, -0.15) is 0 Å². The normalized spacial score (nSPS) is 15.4. The first-order valence-electron chi connectivity index (χ1n) is 8.11. The number of anilines is 1.